The first-order valence-electron chi connectivity index (χ1n) is 4.45. The van der Waals surface area contributed by atoms with Crippen LogP contribution in [0.1, 0.15) is 13.8 Å². The monoisotopic (exact) mass is 194 g/mol. The third-order valence-corrected chi connectivity index (χ3v) is 2.32. The summed E-state index contributed by atoms with van der Waals surface area (Å²) >= 11 is 0. The molecule has 0 spiro atoms. The number of carbonyl (C=O) groups excluding carboxylic acids is 1. The minimum Gasteiger partial charge on any atom is -0.444 e. The summed E-state index contributed by atoms with van der Waals surface area (Å²) in [6.45, 7) is 3.76. The Labute approximate surface area is 83.6 Å². The molecule has 0 bridgehead atoms. The number of ketones is 1. The molecule has 1 fully saturated rings. The lowest BCUT2D eigenvalue weighted by molar-refractivity contribution is -0.153. The molecule has 1 heterocycles. The summed E-state index contributed by atoms with van der Waals surface area (Å²) < 4.78 is 15.5. The second-order valence-corrected chi connectivity index (χ2v) is 3.91. The topological polar surface area (TPSA) is 44.8 Å². The van der Waals surface area contributed by atoms with E-state index in [1.807, 2.05) is 0 Å². The Morgan fingerprint density at radius 3 is 2.79 bits per heavy atom. The summed E-state index contributed by atoms with van der Waals surface area (Å²) in [6.07, 6.45) is 0.633. The van der Waals surface area contributed by atoms with E-state index >= 15 is 0 Å². The molecule has 0 amide bonds. The van der Waals surface area contributed by atoms with Crippen LogP contribution in [0.25, 0.3) is 0 Å². The SMILES string of the molecule is [B]OCC1=CC(=O)[C@@H]2OC(C)(C)O[C@H]12. The molecule has 2 radical (unpaired) electrons. The van der Waals surface area contributed by atoms with E-state index in [4.69, 9.17) is 17.5 Å². The Balaban J connectivity index is 2.18. The van der Waals surface area contributed by atoms with Crippen LogP contribution in [0, 0.1) is 0 Å². The van der Waals surface area contributed by atoms with Gasteiger partial charge in [-0.05, 0) is 25.5 Å². The third-order valence-electron chi connectivity index (χ3n) is 2.32. The first-order valence-corrected chi connectivity index (χ1v) is 4.45. The van der Waals surface area contributed by atoms with E-state index in [9.17, 15) is 4.79 Å². The largest absolute Gasteiger partial charge is 0.444 e. The molecule has 4 nitrogen and oxygen atoms in total. The van der Waals surface area contributed by atoms with Crippen molar-refractivity contribution in [3.05, 3.63) is 11.6 Å². The third kappa shape index (κ3) is 1.51. The molecule has 2 rings (SSSR count). The molecular weight excluding hydrogens is 183 g/mol. The zero-order chi connectivity index (χ0) is 10.3. The molecule has 5 heteroatoms. The molecule has 0 aromatic heterocycles. The average molecular weight is 194 g/mol. The van der Waals surface area contributed by atoms with Crippen LogP contribution in [0.2, 0.25) is 0 Å². The summed E-state index contributed by atoms with van der Waals surface area (Å²) in [6, 6.07) is 0. The Kier molecular flexibility index (Phi) is 2.25. The fourth-order valence-corrected chi connectivity index (χ4v) is 1.81. The van der Waals surface area contributed by atoms with Gasteiger partial charge in [0.15, 0.2) is 17.7 Å². The summed E-state index contributed by atoms with van der Waals surface area (Å²) in [7, 11) is 4.96. The van der Waals surface area contributed by atoms with Gasteiger partial charge in [0, 0.05) is 0 Å². The number of rotatable bonds is 2. The van der Waals surface area contributed by atoms with Gasteiger partial charge < -0.3 is 14.1 Å². The lowest BCUT2D eigenvalue weighted by Crippen LogP contribution is -2.26. The number of ether oxygens (including phenoxy) is 2. The van der Waals surface area contributed by atoms with Gasteiger partial charge in [0.1, 0.15) is 6.10 Å². The van der Waals surface area contributed by atoms with Gasteiger partial charge in [0.2, 0.25) is 0 Å². The van der Waals surface area contributed by atoms with E-state index in [1.165, 1.54) is 6.08 Å². The van der Waals surface area contributed by atoms with Crippen LogP contribution >= 0.6 is 0 Å². The molecule has 0 N–H and O–H groups in total. The van der Waals surface area contributed by atoms with Crippen LogP contribution in [0.5, 0.6) is 0 Å². The molecule has 2 aliphatic rings. The second-order valence-electron chi connectivity index (χ2n) is 3.91. The molecule has 74 valence electrons. The maximum absolute atomic E-state index is 11.5. The van der Waals surface area contributed by atoms with Crippen LogP contribution in [-0.4, -0.2) is 38.4 Å². The lowest BCUT2D eigenvalue weighted by Gasteiger charge is -2.18. The summed E-state index contributed by atoms with van der Waals surface area (Å²) in [5.74, 6) is -0.785. The highest BCUT2D eigenvalue weighted by Crippen LogP contribution is 2.36. The van der Waals surface area contributed by atoms with Crippen molar-refractivity contribution in [2.24, 2.45) is 0 Å². The number of hydrogen-bond acceptors (Lipinski definition) is 4. The van der Waals surface area contributed by atoms with Crippen LogP contribution in [0.4, 0.5) is 0 Å². The van der Waals surface area contributed by atoms with Crippen LogP contribution in [0.3, 0.4) is 0 Å². The minimum absolute atomic E-state index is 0.0763. The molecule has 2 atom stereocenters. The second kappa shape index (κ2) is 3.19. The van der Waals surface area contributed by atoms with Crippen molar-refractivity contribution in [1.82, 2.24) is 0 Å². The first-order chi connectivity index (χ1) is 6.53. The molecule has 1 saturated heterocycles. The van der Waals surface area contributed by atoms with E-state index in [0.717, 1.165) is 5.57 Å². The van der Waals surface area contributed by atoms with E-state index in [1.54, 1.807) is 13.8 Å². The Bertz CT molecular complexity index is 297. The van der Waals surface area contributed by atoms with Crippen LogP contribution in [-0.2, 0) is 18.9 Å². The minimum atomic E-state index is -0.709. The number of hydrogen-bond donors (Lipinski definition) is 0. The van der Waals surface area contributed by atoms with Gasteiger partial charge in [-0.1, -0.05) is 0 Å². The smallest absolute Gasteiger partial charge is 0.283 e. The Morgan fingerprint density at radius 1 is 1.50 bits per heavy atom. The predicted octanol–water partition coefficient (Wildman–Crippen LogP) is 0.116. The highest BCUT2D eigenvalue weighted by molar-refractivity contribution is 5.99. The maximum Gasteiger partial charge on any atom is 0.283 e. The fraction of sp³-hybridized carbons (Fsp3) is 0.667. The summed E-state index contributed by atoms with van der Waals surface area (Å²) in [5.41, 5.74) is 0.744. The van der Waals surface area contributed by atoms with E-state index in [0.29, 0.717) is 0 Å². The summed E-state index contributed by atoms with van der Waals surface area (Å²) in [4.78, 5) is 11.5. The average Bonchev–Trinajstić information content (AvgIpc) is 2.51. The van der Waals surface area contributed by atoms with Crippen molar-refractivity contribution < 1.29 is 18.9 Å². The lowest BCUT2D eigenvalue weighted by atomic mass is 10.1. The van der Waals surface area contributed by atoms with Crippen LogP contribution in [0.15, 0.2) is 11.6 Å². The zero-order valence-electron chi connectivity index (χ0n) is 8.15. The molecular formula is C9H11BO4. The maximum atomic E-state index is 11.5. The van der Waals surface area contributed by atoms with Crippen molar-refractivity contribution in [3.63, 3.8) is 0 Å². The van der Waals surface area contributed by atoms with E-state index in [2.05, 4.69) is 4.65 Å². The van der Waals surface area contributed by atoms with Gasteiger partial charge in [0.05, 0.1) is 6.61 Å². The van der Waals surface area contributed by atoms with Gasteiger partial charge in [-0.2, -0.15) is 0 Å². The molecule has 1 aliphatic heterocycles. The number of carbonyl (C=O) groups is 1. The van der Waals surface area contributed by atoms with Crippen molar-refractivity contribution in [2.75, 3.05) is 6.61 Å². The van der Waals surface area contributed by atoms with Crippen LogP contribution < -0.4 is 0 Å². The van der Waals surface area contributed by atoms with Crippen molar-refractivity contribution in [2.45, 2.75) is 31.8 Å². The molecule has 0 saturated carbocycles. The standard InChI is InChI=1S/C9H11BO4/c1-9(2)13-7-5(4-12-10)3-6(11)8(7)14-9/h3,7-8H,4H2,1-2H3/t7-,8+/m1/s1. The van der Waals surface area contributed by atoms with Crippen molar-refractivity contribution >= 4 is 13.8 Å². The summed E-state index contributed by atoms with van der Waals surface area (Å²) in [5, 5.41) is 0. The zero-order valence-corrected chi connectivity index (χ0v) is 8.15. The highest BCUT2D eigenvalue weighted by Gasteiger charge is 2.49. The Hall–Kier alpha value is -0.645. The number of fused-ring (bicyclic) bond motifs is 1. The first kappa shape index (κ1) is 9.89. The van der Waals surface area contributed by atoms with E-state index in [-0.39, 0.29) is 18.5 Å². The molecule has 0 unspecified atom stereocenters. The molecule has 1 aliphatic carbocycles. The quantitative estimate of drug-likeness (QED) is 0.585. The van der Waals surface area contributed by atoms with Gasteiger partial charge in [-0.3, -0.25) is 4.79 Å². The molecule has 0 aromatic carbocycles. The molecule has 0 aromatic rings. The van der Waals surface area contributed by atoms with Gasteiger partial charge in [-0.25, -0.2) is 0 Å². The van der Waals surface area contributed by atoms with Gasteiger partial charge in [-0.15, -0.1) is 0 Å². The Morgan fingerprint density at radius 2 is 2.14 bits per heavy atom. The predicted molar refractivity (Wildman–Crippen MR) is 48.6 cm³/mol. The normalized spacial score (nSPS) is 34.4. The van der Waals surface area contributed by atoms with Crippen molar-refractivity contribution in [3.8, 4) is 0 Å². The highest BCUT2D eigenvalue weighted by atomic mass is 16.8. The van der Waals surface area contributed by atoms with Gasteiger partial charge >= 0.3 is 0 Å². The fourth-order valence-electron chi connectivity index (χ4n) is 1.81. The van der Waals surface area contributed by atoms with Gasteiger partial charge in [0.25, 0.3) is 8.05 Å². The molecule has 14 heavy (non-hydrogen) atoms. The van der Waals surface area contributed by atoms with E-state index < -0.39 is 11.9 Å². The van der Waals surface area contributed by atoms with Crippen molar-refractivity contribution in [1.29, 1.82) is 0 Å².